The molecule has 34 heavy (non-hydrogen) atoms. The molecule has 0 radical (unpaired) electrons. The van der Waals surface area contributed by atoms with Crippen molar-refractivity contribution < 1.29 is 27.6 Å². The van der Waals surface area contributed by atoms with Gasteiger partial charge in [0, 0.05) is 44.7 Å². The highest BCUT2D eigenvalue weighted by Gasteiger charge is 2.39. The van der Waals surface area contributed by atoms with E-state index in [0.717, 1.165) is 9.87 Å². The summed E-state index contributed by atoms with van der Waals surface area (Å²) in [5.41, 5.74) is 2.26. The maximum Gasteiger partial charge on any atom is 0.255 e. The van der Waals surface area contributed by atoms with Gasteiger partial charge in [0.2, 0.25) is 21.8 Å². The Balaban J connectivity index is 1.41. The third kappa shape index (κ3) is 4.44. The molecule has 2 aromatic rings. The molecule has 178 valence electrons. The van der Waals surface area contributed by atoms with Gasteiger partial charge in [0.25, 0.3) is 11.8 Å². The Labute approximate surface area is 197 Å². The van der Waals surface area contributed by atoms with E-state index in [0.29, 0.717) is 23.1 Å². The maximum atomic E-state index is 12.9. The highest BCUT2D eigenvalue weighted by atomic mass is 32.2. The van der Waals surface area contributed by atoms with Gasteiger partial charge in [-0.3, -0.25) is 24.5 Å². The van der Waals surface area contributed by atoms with E-state index in [-0.39, 0.29) is 42.1 Å². The molecular weight excluding hydrogens is 460 g/mol. The van der Waals surface area contributed by atoms with Gasteiger partial charge in [0.15, 0.2) is 0 Å². The summed E-state index contributed by atoms with van der Waals surface area (Å²) in [6.45, 7) is 0.449. The van der Waals surface area contributed by atoms with Crippen molar-refractivity contribution in [3.63, 3.8) is 0 Å². The van der Waals surface area contributed by atoms with Gasteiger partial charge in [-0.1, -0.05) is 12.1 Å². The second-order valence-corrected chi connectivity index (χ2v) is 10.5. The van der Waals surface area contributed by atoms with Crippen molar-refractivity contribution in [3.05, 3.63) is 64.7 Å². The minimum absolute atomic E-state index is 0.0896. The average Bonchev–Trinajstić information content (AvgIpc) is 3.13. The van der Waals surface area contributed by atoms with E-state index in [1.807, 2.05) is 0 Å². The van der Waals surface area contributed by atoms with Crippen LogP contribution in [0.3, 0.4) is 0 Å². The Morgan fingerprint density at radius 2 is 1.82 bits per heavy atom. The van der Waals surface area contributed by atoms with Crippen LogP contribution < -0.4 is 10.6 Å². The molecule has 0 aromatic heterocycles. The Morgan fingerprint density at radius 1 is 1.12 bits per heavy atom. The second-order valence-electron chi connectivity index (χ2n) is 8.39. The van der Waals surface area contributed by atoms with E-state index in [1.54, 1.807) is 18.2 Å². The third-order valence-electron chi connectivity index (χ3n) is 5.94. The first-order valence-corrected chi connectivity index (χ1v) is 12.1. The highest BCUT2D eigenvalue weighted by Crippen LogP contribution is 2.28. The number of hydrogen-bond donors (Lipinski definition) is 2. The predicted molar refractivity (Wildman–Crippen MR) is 121 cm³/mol. The van der Waals surface area contributed by atoms with Crippen molar-refractivity contribution in [1.29, 1.82) is 0 Å². The lowest BCUT2D eigenvalue weighted by molar-refractivity contribution is -0.136. The molecule has 11 heteroatoms. The number of rotatable bonds is 6. The molecule has 1 unspecified atom stereocenters. The normalized spacial score (nSPS) is 18.1. The number of fused-ring (bicyclic) bond motifs is 1. The van der Waals surface area contributed by atoms with E-state index in [2.05, 4.69) is 10.6 Å². The molecule has 0 bridgehead atoms. The molecule has 1 fully saturated rings. The summed E-state index contributed by atoms with van der Waals surface area (Å²) in [4.78, 5) is 50.6. The number of nitrogens with one attached hydrogen (secondary N) is 2. The van der Waals surface area contributed by atoms with Crippen LogP contribution >= 0.6 is 0 Å². The highest BCUT2D eigenvalue weighted by molar-refractivity contribution is 7.89. The summed E-state index contributed by atoms with van der Waals surface area (Å²) in [5, 5.41) is 5.04. The predicted octanol–water partition coefficient (Wildman–Crippen LogP) is 0.628. The lowest BCUT2D eigenvalue weighted by atomic mass is 10.0. The number of carbonyl (C=O) groups is 4. The smallest absolute Gasteiger partial charge is 0.255 e. The van der Waals surface area contributed by atoms with E-state index >= 15 is 0 Å². The molecule has 2 heterocycles. The Kier molecular flexibility index (Phi) is 6.24. The molecule has 0 aliphatic carbocycles. The van der Waals surface area contributed by atoms with Crippen LogP contribution in [-0.4, -0.2) is 61.4 Å². The molecule has 4 rings (SSSR count). The van der Waals surface area contributed by atoms with Gasteiger partial charge in [-0.15, -0.1) is 0 Å². The summed E-state index contributed by atoms with van der Waals surface area (Å²) in [7, 11) is -0.717. The van der Waals surface area contributed by atoms with Crippen molar-refractivity contribution in [3.8, 4) is 0 Å². The number of carbonyl (C=O) groups excluding carboxylic acids is 4. The van der Waals surface area contributed by atoms with Crippen LogP contribution in [0.2, 0.25) is 0 Å². The number of piperidine rings is 1. The molecule has 1 atom stereocenters. The van der Waals surface area contributed by atoms with Crippen LogP contribution in [0.25, 0.3) is 0 Å². The summed E-state index contributed by atoms with van der Waals surface area (Å²) in [6, 6.07) is 10.2. The minimum atomic E-state index is -3.58. The first-order valence-electron chi connectivity index (χ1n) is 10.6. The van der Waals surface area contributed by atoms with Crippen molar-refractivity contribution in [1.82, 2.24) is 19.8 Å². The maximum absolute atomic E-state index is 12.9. The summed E-state index contributed by atoms with van der Waals surface area (Å²) >= 11 is 0. The summed E-state index contributed by atoms with van der Waals surface area (Å²) < 4.78 is 25.4. The van der Waals surface area contributed by atoms with Crippen LogP contribution in [0.1, 0.15) is 44.7 Å². The quantitative estimate of drug-likeness (QED) is 0.578. The number of sulfonamides is 1. The summed E-state index contributed by atoms with van der Waals surface area (Å²) in [6.07, 6.45) is 0.484. The zero-order chi connectivity index (χ0) is 24.6. The molecule has 2 aliphatic heterocycles. The lowest BCUT2D eigenvalue weighted by Crippen LogP contribution is -2.52. The van der Waals surface area contributed by atoms with Crippen LogP contribution in [0.15, 0.2) is 47.4 Å². The Bertz CT molecular complexity index is 1290. The van der Waals surface area contributed by atoms with Crippen LogP contribution in [0, 0.1) is 0 Å². The van der Waals surface area contributed by atoms with Gasteiger partial charge in [-0.25, -0.2) is 12.7 Å². The molecule has 2 aromatic carbocycles. The van der Waals surface area contributed by atoms with Crippen molar-refractivity contribution in [2.45, 2.75) is 36.9 Å². The van der Waals surface area contributed by atoms with Gasteiger partial charge in [-0.2, -0.15) is 0 Å². The molecule has 10 nitrogen and oxygen atoms in total. The van der Waals surface area contributed by atoms with Gasteiger partial charge in [0.1, 0.15) is 6.04 Å². The lowest BCUT2D eigenvalue weighted by Gasteiger charge is -2.29. The second kappa shape index (κ2) is 8.99. The number of amides is 4. The third-order valence-corrected chi connectivity index (χ3v) is 7.77. The molecule has 2 N–H and O–H groups in total. The average molecular weight is 485 g/mol. The van der Waals surface area contributed by atoms with E-state index < -0.39 is 22.0 Å². The van der Waals surface area contributed by atoms with Gasteiger partial charge in [-0.05, 0) is 47.9 Å². The fourth-order valence-electron chi connectivity index (χ4n) is 3.99. The summed E-state index contributed by atoms with van der Waals surface area (Å²) in [5.74, 6) is -1.46. The fourth-order valence-corrected chi connectivity index (χ4v) is 4.89. The molecule has 1 saturated heterocycles. The van der Waals surface area contributed by atoms with Crippen molar-refractivity contribution >= 4 is 33.7 Å². The zero-order valence-electron chi connectivity index (χ0n) is 18.7. The van der Waals surface area contributed by atoms with Crippen molar-refractivity contribution in [2.24, 2.45) is 0 Å². The van der Waals surface area contributed by atoms with Crippen LogP contribution in [0.5, 0.6) is 0 Å². The molecule has 4 amide bonds. The molecule has 2 aliphatic rings. The molecule has 0 spiro atoms. The topological polar surface area (TPSA) is 133 Å². The van der Waals surface area contributed by atoms with Crippen LogP contribution in [-0.2, 0) is 32.7 Å². The first-order chi connectivity index (χ1) is 16.1. The first kappa shape index (κ1) is 23.6. The number of nitrogens with zero attached hydrogens (tertiary/aromatic N) is 2. The molecular formula is C23H24N4O6S. The standard InChI is InChI=1S/C23H24N4O6S/c1-26(2)34(32,33)17-7-5-15(6-8-17)21(29)24-12-14-3-4-16-13-27(23(31)18(16)11-14)19-9-10-20(28)25-22(19)30/h3-8,11,19H,9-10,12-13H2,1-2H3,(H,24,29)(H,25,28,30). The number of hydrogen-bond acceptors (Lipinski definition) is 6. The number of imide groups is 1. The monoisotopic (exact) mass is 484 g/mol. The fraction of sp³-hybridized carbons (Fsp3) is 0.304. The van der Waals surface area contributed by atoms with Crippen molar-refractivity contribution in [2.75, 3.05) is 14.1 Å². The largest absolute Gasteiger partial charge is 0.348 e. The van der Waals surface area contributed by atoms with E-state index in [1.165, 1.54) is 43.3 Å². The Hall–Kier alpha value is -3.57. The zero-order valence-corrected chi connectivity index (χ0v) is 19.5. The van der Waals surface area contributed by atoms with Gasteiger partial charge < -0.3 is 10.2 Å². The van der Waals surface area contributed by atoms with Gasteiger partial charge in [0.05, 0.1) is 4.90 Å². The molecule has 0 saturated carbocycles. The van der Waals surface area contributed by atoms with Crippen LogP contribution in [0.4, 0.5) is 0 Å². The number of benzene rings is 2. The minimum Gasteiger partial charge on any atom is -0.348 e. The van der Waals surface area contributed by atoms with Gasteiger partial charge >= 0.3 is 0 Å². The SMILES string of the molecule is CN(C)S(=O)(=O)c1ccc(C(=O)NCc2ccc3c(c2)C(=O)N(C2CCC(=O)NC2=O)C3)cc1. The van der Waals surface area contributed by atoms with E-state index in [4.69, 9.17) is 0 Å². The van der Waals surface area contributed by atoms with E-state index in [9.17, 15) is 27.6 Å². The Morgan fingerprint density at radius 3 is 2.47 bits per heavy atom.